The topological polar surface area (TPSA) is 109 Å². The van der Waals surface area contributed by atoms with E-state index in [1.807, 2.05) is 38.1 Å². The van der Waals surface area contributed by atoms with Crippen LogP contribution in [0.3, 0.4) is 0 Å². The van der Waals surface area contributed by atoms with E-state index in [9.17, 15) is 14.4 Å². The molecule has 1 aliphatic rings. The fraction of sp³-hybridized carbons (Fsp3) is 0.458. The van der Waals surface area contributed by atoms with Crippen LogP contribution in [0.15, 0.2) is 35.4 Å². The summed E-state index contributed by atoms with van der Waals surface area (Å²) in [6.07, 6.45) is 3.78. The first-order chi connectivity index (χ1) is 16.3. The monoisotopic (exact) mass is 482 g/mol. The number of aromatic nitrogens is 3. The molecule has 0 bridgehead atoms. The summed E-state index contributed by atoms with van der Waals surface area (Å²) in [6, 6.07) is 7.77. The number of piperidine rings is 1. The number of benzene rings is 1. The lowest BCUT2D eigenvalue weighted by Gasteiger charge is -2.31. The average Bonchev–Trinajstić information content (AvgIpc) is 3.26. The van der Waals surface area contributed by atoms with Gasteiger partial charge in [-0.2, -0.15) is 4.98 Å². The summed E-state index contributed by atoms with van der Waals surface area (Å²) in [4.78, 5) is 48.7. The first kappa shape index (κ1) is 23.9. The van der Waals surface area contributed by atoms with E-state index in [0.29, 0.717) is 29.1 Å². The van der Waals surface area contributed by atoms with E-state index in [1.165, 1.54) is 27.8 Å². The van der Waals surface area contributed by atoms with Gasteiger partial charge in [0, 0.05) is 30.7 Å². The van der Waals surface area contributed by atoms with Crippen LogP contribution >= 0.6 is 11.3 Å². The Morgan fingerprint density at radius 2 is 1.88 bits per heavy atom. The highest BCUT2D eigenvalue weighted by molar-refractivity contribution is 7.22. The number of amides is 2. The lowest BCUT2D eigenvalue weighted by molar-refractivity contribution is -0.126. The van der Waals surface area contributed by atoms with Crippen LogP contribution in [-0.4, -0.2) is 45.5 Å². The van der Waals surface area contributed by atoms with Gasteiger partial charge in [0.05, 0.1) is 0 Å². The van der Waals surface area contributed by atoms with E-state index in [4.69, 9.17) is 0 Å². The number of nitrogens with one attached hydrogen (secondary N) is 2. The van der Waals surface area contributed by atoms with Gasteiger partial charge in [-0.3, -0.25) is 19.0 Å². The molecule has 2 N–H and O–H groups in total. The molecule has 0 atom stereocenters. The van der Waals surface area contributed by atoms with Crippen molar-refractivity contribution in [2.75, 3.05) is 23.3 Å². The Morgan fingerprint density at radius 3 is 2.53 bits per heavy atom. The second kappa shape index (κ2) is 10.3. The molecular formula is C24H30N6O3S. The molecule has 0 aliphatic carbocycles. The number of anilines is 2. The zero-order valence-corrected chi connectivity index (χ0v) is 20.5. The third-order valence-electron chi connectivity index (χ3n) is 5.90. The maximum Gasteiger partial charge on any atom is 0.273 e. The van der Waals surface area contributed by atoms with Crippen LogP contribution < -0.4 is 21.1 Å². The Kier molecular flexibility index (Phi) is 7.26. The summed E-state index contributed by atoms with van der Waals surface area (Å²) < 4.78 is 1.74. The molecular weight excluding hydrogens is 452 g/mol. The van der Waals surface area contributed by atoms with Crippen molar-refractivity contribution in [2.24, 2.45) is 5.92 Å². The van der Waals surface area contributed by atoms with Gasteiger partial charge in [-0.25, -0.2) is 4.98 Å². The van der Waals surface area contributed by atoms with Gasteiger partial charge >= 0.3 is 0 Å². The maximum absolute atomic E-state index is 13.0. The number of aryl methyl sites for hydroxylation is 1. The number of thiazole rings is 1. The SMILES string of the molecule is CCc1ccc(NC(=O)Cn2cnc3nc(N4CCC(C(=O)NC(C)C)CC4)sc3c2=O)cc1. The molecule has 1 aliphatic heterocycles. The van der Waals surface area contributed by atoms with E-state index in [0.717, 1.165) is 24.4 Å². The molecule has 10 heteroatoms. The molecule has 34 heavy (non-hydrogen) atoms. The fourth-order valence-corrected chi connectivity index (χ4v) is 5.02. The highest BCUT2D eigenvalue weighted by Crippen LogP contribution is 2.29. The van der Waals surface area contributed by atoms with Gasteiger partial charge in [-0.15, -0.1) is 0 Å². The molecule has 0 unspecified atom stereocenters. The first-order valence-electron chi connectivity index (χ1n) is 11.6. The van der Waals surface area contributed by atoms with E-state index in [2.05, 4.69) is 32.4 Å². The van der Waals surface area contributed by atoms with Crippen molar-refractivity contribution in [1.29, 1.82) is 0 Å². The molecule has 1 fully saturated rings. The van der Waals surface area contributed by atoms with Gasteiger partial charge in [-0.05, 0) is 50.8 Å². The molecule has 2 aromatic heterocycles. The number of carbonyl (C=O) groups is 2. The molecule has 1 aromatic carbocycles. The minimum absolute atomic E-state index is 0.0000640. The first-order valence-corrected chi connectivity index (χ1v) is 12.5. The van der Waals surface area contributed by atoms with Crippen LogP contribution in [0, 0.1) is 5.92 Å². The summed E-state index contributed by atoms with van der Waals surface area (Å²) in [6.45, 7) is 7.26. The van der Waals surface area contributed by atoms with Gasteiger partial charge in [0.25, 0.3) is 5.56 Å². The lowest BCUT2D eigenvalue weighted by Crippen LogP contribution is -2.42. The molecule has 9 nitrogen and oxygen atoms in total. The standard InChI is InChI=1S/C24H30N6O3S/c1-4-16-5-7-18(8-6-16)27-19(31)13-30-14-25-21-20(23(30)33)34-24(28-21)29-11-9-17(10-12-29)22(32)26-15(2)3/h5-8,14-15,17H,4,9-13H2,1-3H3,(H,26,32)(H,27,31). The van der Waals surface area contributed by atoms with Crippen molar-refractivity contribution in [3.05, 3.63) is 46.5 Å². The second-order valence-electron chi connectivity index (χ2n) is 8.85. The Morgan fingerprint density at radius 1 is 1.18 bits per heavy atom. The molecule has 1 saturated heterocycles. The molecule has 0 saturated carbocycles. The second-order valence-corrected chi connectivity index (χ2v) is 9.83. The van der Waals surface area contributed by atoms with Gasteiger partial charge < -0.3 is 15.5 Å². The smallest absolute Gasteiger partial charge is 0.273 e. The Hall–Kier alpha value is -3.27. The van der Waals surface area contributed by atoms with Gasteiger partial charge in [0.1, 0.15) is 17.6 Å². The van der Waals surface area contributed by atoms with Crippen molar-refractivity contribution in [1.82, 2.24) is 19.9 Å². The molecule has 180 valence electrons. The van der Waals surface area contributed by atoms with Crippen molar-refractivity contribution in [3.63, 3.8) is 0 Å². The number of hydrogen-bond donors (Lipinski definition) is 2. The predicted molar refractivity (Wildman–Crippen MR) is 134 cm³/mol. The summed E-state index contributed by atoms with van der Waals surface area (Å²) in [7, 11) is 0. The lowest BCUT2D eigenvalue weighted by atomic mass is 9.96. The summed E-state index contributed by atoms with van der Waals surface area (Å²) in [5, 5.41) is 6.52. The van der Waals surface area contributed by atoms with Crippen LogP contribution in [0.25, 0.3) is 10.3 Å². The number of nitrogens with zero attached hydrogens (tertiary/aromatic N) is 4. The quantitative estimate of drug-likeness (QED) is 0.536. The van der Waals surface area contributed by atoms with Crippen molar-refractivity contribution in [3.8, 4) is 0 Å². The molecule has 0 spiro atoms. The van der Waals surface area contributed by atoms with Crippen LogP contribution in [0.2, 0.25) is 0 Å². The van der Waals surface area contributed by atoms with Gasteiger partial charge in [0.15, 0.2) is 10.8 Å². The van der Waals surface area contributed by atoms with E-state index in [1.54, 1.807) is 0 Å². The van der Waals surface area contributed by atoms with Crippen LogP contribution in [0.1, 0.15) is 39.2 Å². The largest absolute Gasteiger partial charge is 0.354 e. The summed E-state index contributed by atoms with van der Waals surface area (Å²) >= 11 is 1.29. The van der Waals surface area contributed by atoms with E-state index < -0.39 is 0 Å². The maximum atomic E-state index is 13.0. The highest BCUT2D eigenvalue weighted by Gasteiger charge is 2.27. The van der Waals surface area contributed by atoms with E-state index >= 15 is 0 Å². The van der Waals surface area contributed by atoms with Gasteiger partial charge in [-0.1, -0.05) is 30.4 Å². The van der Waals surface area contributed by atoms with Crippen molar-refractivity contribution < 1.29 is 9.59 Å². The molecule has 4 rings (SSSR count). The minimum atomic E-state index is -0.293. The number of carbonyl (C=O) groups excluding carboxylic acids is 2. The van der Waals surface area contributed by atoms with Crippen LogP contribution in [-0.2, 0) is 22.6 Å². The Bertz CT molecular complexity index is 1230. The molecule has 3 heterocycles. The number of hydrogen-bond acceptors (Lipinski definition) is 7. The molecule has 3 aromatic rings. The van der Waals surface area contributed by atoms with Crippen molar-refractivity contribution in [2.45, 2.75) is 52.6 Å². The van der Waals surface area contributed by atoms with Gasteiger partial charge in [0.2, 0.25) is 11.8 Å². The number of rotatable bonds is 7. The Labute approximate surface area is 202 Å². The van der Waals surface area contributed by atoms with Crippen LogP contribution in [0.4, 0.5) is 10.8 Å². The summed E-state index contributed by atoms with van der Waals surface area (Å²) in [5.41, 5.74) is 1.98. The number of fused-ring (bicyclic) bond motifs is 1. The summed E-state index contributed by atoms with van der Waals surface area (Å²) in [5.74, 6) is -0.192. The fourth-order valence-electron chi connectivity index (χ4n) is 4.00. The third-order valence-corrected chi connectivity index (χ3v) is 6.99. The zero-order chi connectivity index (χ0) is 24.2. The van der Waals surface area contributed by atoms with Crippen molar-refractivity contribution >= 4 is 44.3 Å². The average molecular weight is 483 g/mol. The third kappa shape index (κ3) is 5.44. The zero-order valence-electron chi connectivity index (χ0n) is 19.7. The predicted octanol–water partition coefficient (Wildman–Crippen LogP) is 2.80. The molecule has 0 radical (unpaired) electrons. The highest BCUT2D eigenvalue weighted by atomic mass is 32.1. The van der Waals surface area contributed by atoms with Crippen LogP contribution in [0.5, 0.6) is 0 Å². The minimum Gasteiger partial charge on any atom is -0.354 e. The molecule has 2 amide bonds. The normalized spacial score (nSPS) is 14.5. The van der Waals surface area contributed by atoms with E-state index in [-0.39, 0.29) is 35.9 Å². The Balaban J connectivity index is 1.42.